The number of hydrogen-bond donors (Lipinski definition) is 0. The zero-order valence-corrected chi connectivity index (χ0v) is 12.7. The van der Waals surface area contributed by atoms with E-state index < -0.39 is 23.1 Å². The number of rotatable bonds is 2. The van der Waals surface area contributed by atoms with Crippen molar-refractivity contribution in [2.75, 3.05) is 33.4 Å². The maximum atomic E-state index is 12.6. The summed E-state index contributed by atoms with van der Waals surface area (Å²) >= 11 is 0. The van der Waals surface area contributed by atoms with Crippen LogP contribution in [0.2, 0.25) is 0 Å². The Balaban J connectivity index is 2.29. The molecule has 0 unspecified atom stereocenters. The van der Waals surface area contributed by atoms with Gasteiger partial charge in [0.25, 0.3) is 0 Å². The van der Waals surface area contributed by atoms with E-state index in [0.29, 0.717) is 26.3 Å². The van der Waals surface area contributed by atoms with E-state index in [0.717, 1.165) is 0 Å². The van der Waals surface area contributed by atoms with E-state index in [1.165, 1.54) is 7.11 Å². The summed E-state index contributed by atoms with van der Waals surface area (Å²) in [5, 5.41) is 0. The standard InChI is InChI=1S/C15H21NO5/c1-15(2)8-11(17)10(9-16-4-6-21-7-5-16)13(18)12(15)14(19)20-3/h9,12H,4-8H2,1-3H3/b10-9-/t12-/m0/s1. The molecular formula is C15H21NO5. The molecule has 2 fully saturated rings. The van der Waals surface area contributed by atoms with Crippen molar-refractivity contribution in [1.82, 2.24) is 4.90 Å². The van der Waals surface area contributed by atoms with Crippen LogP contribution >= 0.6 is 0 Å². The maximum absolute atomic E-state index is 12.6. The lowest BCUT2D eigenvalue weighted by Gasteiger charge is -2.36. The van der Waals surface area contributed by atoms with E-state index in [1.54, 1.807) is 20.0 Å². The highest BCUT2D eigenvalue weighted by Gasteiger charge is 2.49. The van der Waals surface area contributed by atoms with Gasteiger partial charge in [-0.1, -0.05) is 13.8 Å². The van der Waals surface area contributed by atoms with Gasteiger partial charge in [0.05, 0.1) is 25.9 Å². The van der Waals surface area contributed by atoms with Gasteiger partial charge in [0, 0.05) is 25.7 Å². The molecule has 0 bridgehead atoms. The normalized spacial score (nSPS) is 27.9. The minimum atomic E-state index is -0.924. The molecule has 1 aliphatic carbocycles. The molecule has 0 N–H and O–H groups in total. The Labute approximate surface area is 124 Å². The third-order valence-electron chi connectivity index (χ3n) is 4.02. The molecule has 6 heteroatoms. The molecule has 6 nitrogen and oxygen atoms in total. The van der Waals surface area contributed by atoms with Crippen LogP contribution in [0.1, 0.15) is 20.3 Å². The largest absolute Gasteiger partial charge is 0.468 e. The fourth-order valence-electron chi connectivity index (χ4n) is 2.83. The highest BCUT2D eigenvalue weighted by atomic mass is 16.5. The number of morpholine rings is 1. The number of allylic oxidation sites excluding steroid dienone is 1. The van der Waals surface area contributed by atoms with Gasteiger partial charge in [-0.05, 0) is 5.41 Å². The van der Waals surface area contributed by atoms with E-state index in [9.17, 15) is 14.4 Å². The summed E-state index contributed by atoms with van der Waals surface area (Å²) in [4.78, 5) is 38.6. The highest BCUT2D eigenvalue weighted by Crippen LogP contribution is 2.39. The van der Waals surface area contributed by atoms with Crippen molar-refractivity contribution in [3.8, 4) is 0 Å². The fourth-order valence-corrected chi connectivity index (χ4v) is 2.83. The first-order chi connectivity index (χ1) is 9.86. The van der Waals surface area contributed by atoms with Gasteiger partial charge in [-0.15, -0.1) is 0 Å². The molecule has 0 aromatic heterocycles. The average molecular weight is 295 g/mol. The number of carbonyl (C=O) groups excluding carboxylic acids is 3. The molecule has 1 saturated carbocycles. The minimum absolute atomic E-state index is 0.103. The highest BCUT2D eigenvalue weighted by molar-refractivity contribution is 6.27. The SMILES string of the molecule is COC(=O)[C@@H]1C(=O)/C(=C\N2CCOCC2)C(=O)CC1(C)C. The summed E-state index contributed by atoms with van der Waals surface area (Å²) in [7, 11) is 1.26. The Hall–Kier alpha value is -1.69. The predicted molar refractivity (Wildman–Crippen MR) is 74.4 cm³/mol. The van der Waals surface area contributed by atoms with Crippen LogP contribution in [-0.4, -0.2) is 55.8 Å². The lowest BCUT2D eigenvalue weighted by molar-refractivity contribution is -0.155. The Morgan fingerprint density at radius 3 is 2.52 bits per heavy atom. The quantitative estimate of drug-likeness (QED) is 0.321. The van der Waals surface area contributed by atoms with Crippen LogP contribution in [-0.2, 0) is 23.9 Å². The second kappa shape index (κ2) is 5.97. The summed E-state index contributed by atoms with van der Waals surface area (Å²) in [6, 6.07) is 0. The average Bonchev–Trinajstić information content (AvgIpc) is 2.43. The van der Waals surface area contributed by atoms with E-state index in [1.807, 2.05) is 4.90 Å². The van der Waals surface area contributed by atoms with Crippen molar-refractivity contribution in [2.24, 2.45) is 11.3 Å². The van der Waals surface area contributed by atoms with Crippen LogP contribution in [0.4, 0.5) is 0 Å². The number of esters is 1. The summed E-state index contributed by atoms with van der Waals surface area (Å²) in [6.07, 6.45) is 1.74. The molecular weight excluding hydrogens is 274 g/mol. The molecule has 0 amide bonds. The topological polar surface area (TPSA) is 72.9 Å². The number of carbonyl (C=O) groups is 3. The molecule has 1 heterocycles. The third-order valence-corrected chi connectivity index (χ3v) is 4.02. The molecule has 2 rings (SSSR count). The Bertz CT molecular complexity index is 488. The molecule has 0 spiro atoms. The van der Waals surface area contributed by atoms with Gasteiger partial charge in [0.2, 0.25) is 0 Å². The van der Waals surface area contributed by atoms with E-state index in [2.05, 4.69) is 0 Å². The first-order valence-electron chi connectivity index (χ1n) is 7.05. The summed E-state index contributed by atoms with van der Waals surface area (Å²) in [6.45, 7) is 5.90. The second-order valence-electron chi connectivity index (χ2n) is 6.10. The lowest BCUT2D eigenvalue weighted by atomic mass is 9.66. The zero-order valence-electron chi connectivity index (χ0n) is 12.7. The van der Waals surface area contributed by atoms with Gasteiger partial charge in [-0.3, -0.25) is 14.4 Å². The van der Waals surface area contributed by atoms with Gasteiger partial charge in [0.1, 0.15) is 5.92 Å². The van der Waals surface area contributed by atoms with E-state index in [4.69, 9.17) is 9.47 Å². The van der Waals surface area contributed by atoms with Crippen molar-refractivity contribution in [3.63, 3.8) is 0 Å². The van der Waals surface area contributed by atoms with Crippen LogP contribution in [0.25, 0.3) is 0 Å². The lowest BCUT2D eigenvalue weighted by Crippen LogP contribution is -2.46. The smallest absolute Gasteiger partial charge is 0.317 e. The molecule has 1 aliphatic heterocycles. The molecule has 0 aromatic rings. The maximum Gasteiger partial charge on any atom is 0.317 e. The van der Waals surface area contributed by atoms with Crippen LogP contribution in [0.5, 0.6) is 0 Å². The van der Waals surface area contributed by atoms with Crippen molar-refractivity contribution >= 4 is 17.5 Å². The first kappa shape index (κ1) is 15.7. The molecule has 0 radical (unpaired) electrons. The second-order valence-corrected chi connectivity index (χ2v) is 6.10. The number of hydrogen-bond acceptors (Lipinski definition) is 6. The van der Waals surface area contributed by atoms with E-state index in [-0.39, 0.29) is 17.8 Å². The third kappa shape index (κ3) is 3.15. The number of Topliss-reactive ketones (excluding diaryl/α,β-unsaturated/α-hetero) is 2. The molecule has 21 heavy (non-hydrogen) atoms. The van der Waals surface area contributed by atoms with Crippen molar-refractivity contribution in [3.05, 3.63) is 11.8 Å². The van der Waals surface area contributed by atoms with Crippen molar-refractivity contribution in [1.29, 1.82) is 0 Å². The van der Waals surface area contributed by atoms with Crippen LogP contribution in [0.3, 0.4) is 0 Å². The van der Waals surface area contributed by atoms with Crippen LogP contribution < -0.4 is 0 Å². The van der Waals surface area contributed by atoms with Crippen LogP contribution in [0, 0.1) is 11.3 Å². The number of ether oxygens (including phenoxy) is 2. The van der Waals surface area contributed by atoms with Gasteiger partial charge in [-0.2, -0.15) is 0 Å². The Morgan fingerprint density at radius 2 is 1.95 bits per heavy atom. The molecule has 116 valence electrons. The van der Waals surface area contributed by atoms with E-state index >= 15 is 0 Å². The van der Waals surface area contributed by atoms with Crippen LogP contribution in [0.15, 0.2) is 11.8 Å². The number of methoxy groups -OCH3 is 1. The summed E-state index contributed by atoms with van der Waals surface area (Å²) in [5.41, 5.74) is -0.615. The zero-order chi connectivity index (χ0) is 15.6. The molecule has 1 atom stereocenters. The summed E-state index contributed by atoms with van der Waals surface area (Å²) in [5.74, 6) is -2.15. The van der Waals surface area contributed by atoms with Crippen molar-refractivity contribution < 1.29 is 23.9 Å². The Kier molecular flexibility index (Phi) is 4.46. The number of nitrogens with zero attached hydrogens (tertiary/aromatic N) is 1. The van der Waals surface area contributed by atoms with Gasteiger partial charge < -0.3 is 14.4 Å². The van der Waals surface area contributed by atoms with Crippen molar-refractivity contribution in [2.45, 2.75) is 20.3 Å². The minimum Gasteiger partial charge on any atom is -0.468 e. The predicted octanol–water partition coefficient (Wildman–Crippen LogP) is 0.560. The molecule has 2 aliphatic rings. The monoisotopic (exact) mass is 295 g/mol. The van der Waals surface area contributed by atoms with Gasteiger partial charge in [-0.25, -0.2) is 0 Å². The first-order valence-corrected chi connectivity index (χ1v) is 7.05. The van der Waals surface area contributed by atoms with Gasteiger partial charge in [0.15, 0.2) is 11.6 Å². The number of ketones is 2. The fraction of sp³-hybridized carbons (Fsp3) is 0.667. The molecule has 0 aromatic carbocycles. The summed E-state index contributed by atoms with van der Waals surface area (Å²) < 4.78 is 9.97. The Morgan fingerprint density at radius 1 is 1.33 bits per heavy atom. The molecule has 1 saturated heterocycles. The van der Waals surface area contributed by atoms with Gasteiger partial charge >= 0.3 is 5.97 Å².